The van der Waals surface area contributed by atoms with Gasteiger partial charge in [0.25, 0.3) is 10.2 Å². The first-order valence-electron chi connectivity index (χ1n) is 7.87. The average molecular weight is 303 g/mol. The molecule has 6 heteroatoms. The summed E-state index contributed by atoms with van der Waals surface area (Å²) in [7, 11) is -1.56. The van der Waals surface area contributed by atoms with E-state index in [2.05, 4.69) is 19.2 Å². The van der Waals surface area contributed by atoms with Crippen molar-refractivity contribution in [2.45, 2.75) is 58.0 Å². The number of rotatable bonds is 7. The molecule has 1 aliphatic carbocycles. The monoisotopic (exact) mass is 303 g/mol. The number of piperidine rings is 1. The first-order valence-corrected chi connectivity index (χ1v) is 9.27. The van der Waals surface area contributed by atoms with Crippen LogP contribution in [0.1, 0.15) is 46.0 Å². The second-order valence-corrected chi connectivity index (χ2v) is 8.54. The molecule has 0 aromatic rings. The topological polar surface area (TPSA) is 52.7 Å². The van der Waals surface area contributed by atoms with Crippen molar-refractivity contribution in [2.75, 3.05) is 26.7 Å². The molecule has 2 rings (SSSR count). The van der Waals surface area contributed by atoms with Crippen molar-refractivity contribution in [3.8, 4) is 0 Å². The van der Waals surface area contributed by atoms with E-state index in [0.717, 1.165) is 25.8 Å². The van der Waals surface area contributed by atoms with Gasteiger partial charge in [0.05, 0.1) is 0 Å². The van der Waals surface area contributed by atoms with Crippen molar-refractivity contribution in [1.82, 2.24) is 13.9 Å². The fraction of sp³-hybridized carbons (Fsp3) is 1.00. The van der Waals surface area contributed by atoms with E-state index in [9.17, 15) is 8.42 Å². The third kappa shape index (κ3) is 4.16. The van der Waals surface area contributed by atoms with Gasteiger partial charge in [-0.25, -0.2) is 0 Å². The van der Waals surface area contributed by atoms with Crippen LogP contribution in [0, 0.1) is 5.92 Å². The Labute approximate surface area is 123 Å². The van der Waals surface area contributed by atoms with Gasteiger partial charge in [-0.05, 0) is 31.6 Å². The largest absolute Gasteiger partial charge is 0.313 e. The number of hydrogen-bond acceptors (Lipinski definition) is 3. The smallest absolute Gasteiger partial charge is 0.282 e. The van der Waals surface area contributed by atoms with Gasteiger partial charge in [-0.1, -0.05) is 20.3 Å². The summed E-state index contributed by atoms with van der Waals surface area (Å²) >= 11 is 0. The Hall–Kier alpha value is -0.170. The lowest BCUT2D eigenvalue weighted by molar-refractivity contribution is 0.226. The highest BCUT2D eigenvalue weighted by Crippen LogP contribution is 2.31. The Morgan fingerprint density at radius 3 is 2.55 bits per heavy atom. The summed E-state index contributed by atoms with van der Waals surface area (Å²) in [6.07, 6.45) is 5.43. The quantitative estimate of drug-likeness (QED) is 0.774. The highest BCUT2D eigenvalue weighted by molar-refractivity contribution is 7.86. The lowest BCUT2D eigenvalue weighted by Crippen LogP contribution is -2.53. The molecule has 0 bridgehead atoms. The molecule has 1 unspecified atom stereocenters. The number of nitrogens with zero attached hydrogens (tertiary/aromatic N) is 2. The third-order valence-corrected chi connectivity index (χ3v) is 6.25. The molecule has 0 aromatic carbocycles. The lowest BCUT2D eigenvalue weighted by atomic mass is 10.0. The second-order valence-electron chi connectivity index (χ2n) is 6.55. The van der Waals surface area contributed by atoms with E-state index in [1.807, 2.05) is 0 Å². The van der Waals surface area contributed by atoms with Gasteiger partial charge >= 0.3 is 0 Å². The number of hydrogen-bond donors (Lipinski definition) is 1. The Morgan fingerprint density at radius 1 is 1.25 bits per heavy atom. The molecule has 1 saturated heterocycles. The van der Waals surface area contributed by atoms with Crippen molar-refractivity contribution in [2.24, 2.45) is 5.92 Å². The van der Waals surface area contributed by atoms with Crippen molar-refractivity contribution in [3.63, 3.8) is 0 Å². The molecule has 0 radical (unpaired) electrons. The van der Waals surface area contributed by atoms with Gasteiger partial charge in [-0.2, -0.15) is 17.0 Å². The molecule has 118 valence electrons. The molecule has 5 nitrogen and oxygen atoms in total. The predicted octanol–water partition coefficient (Wildman–Crippen LogP) is 1.43. The van der Waals surface area contributed by atoms with Crippen LogP contribution < -0.4 is 5.32 Å². The van der Waals surface area contributed by atoms with Crippen LogP contribution in [-0.2, 0) is 10.2 Å². The van der Waals surface area contributed by atoms with Crippen LogP contribution in [0.25, 0.3) is 0 Å². The molecule has 0 aromatic heterocycles. The minimum absolute atomic E-state index is 0.109. The SMILES string of the molecule is CC(C)NCC1CCCCN1S(=O)(=O)N(C)CC1CC1. The van der Waals surface area contributed by atoms with Gasteiger partial charge in [-0.3, -0.25) is 0 Å². The normalized spacial score (nSPS) is 25.6. The summed E-state index contributed by atoms with van der Waals surface area (Å²) in [5.74, 6) is 0.590. The Kier molecular flexibility index (Phi) is 5.45. The summed E-state index contributed by atoms with van der Waals surface area (Å²) in [6, 6.07) is 0.503. The summed E-state index contributed by atoms with van der Waals surface area (Å²) in [5.41, 5.74) is 0. The van der Waals surface area contributed by atoms with Gasteiger partial charge < -0.3 is 5.32 Å². The Balaban J connectivity index is 2.00. The van der Waals surface area contributed by atoms with Crippen LogP contribution in [0.3, 0.4) is 0 Å². The van der Waals surface area contributed by atoms with E-state index in [1.54, 1.807) is 15.7 Å². The van der Waals surface area contributed by atoms with Gasteiger partial charge in [-0.15, -0.1) is 0 Å². The summed E-state index contributed by atoms with van der Waals surface area (Å²) in [5, 5.41) is 3.38. The molecular weight excluding hydrogens is 274 g/mol. The van der Waals surface area contributed by atoms with Crippen LogP contribution in [0.5, 0.6) is 0 Å². The summed E-state index contributed by atoms with van der Waals surface area (Å²) in [4.78, 5) is 0. The van der Waals surface area contributed by atoms with Crippen LogP contribution >= 0.6 is 0 Å². The molecule has 1 atom stereocenters. The van der Waals surface area contributed by atoms with Crippen molar-refractivity contribution >= 4 is 10.2 Å². The molecular formula is C14H29N3O2S. The van der Waals surface area contributed by atoms with E-state index >= 15 is 0 Å². The molecule has 1 saturated carbocycles. The van der Waals surface area contributed by atoms with Crippen molar-refractivity contribution in [1.29, 1.82) is 0 Å². The predicted molar refractivity (Wildman–Crippen MR) is 81.8 cm³/mol. The van der Waals surface area contributed by atoms with E-state index in [-0.39, 0.29) is 6.04 Å². The maximum atomic E-state index is 12.7. The van der Waals surface area contributed by atoms with Crippen LogP contribution in [0.15, 0.2) is 0 Å². The molecule has 0 spiro atoms. The zero-order valence-electron chi connectivity index (χ0n) is 13.0. The molecule has 1 heterocycles. The van der Waals surface area contributed by atoms with Crippen LogP contribution in [0.2, 0.25) is 0 Å². The van der Waals surface area contributed by atoms with Gasteiger partial charge in [0.2, 0.25) is 0 Å². The van der Waals surface area contributed by atoms with Crippen LogP contribution in [-0.4, -0.2) is 55.8 Å². The zero-order chi connectivity index (χ0) is 14.8. The number of nitrogens with one attached hydrogen (secondary N) is 1. The minimum Gasteiger partial charge on any atom is -0.313 e. The molecule has 1 aliphatic heterocycles. The molecule has 2 aliphatic rings. The molecule has 1 N–H and O–H groups in total. The third-order valence-electron chi connectivity index (χ3n) is 4.24. The molecule has 0 amide bonds. The van der Waals surface area contributed by atoms with Gasteiger partial charge in [0.1, 0.15) is 0 Å². The highest BCUT2D eigenvalue weighted by Gasteiger charge is 2.36. The van der Waals surface area contributed by atoms with E-state index in [4.69, 9.17) is 0 Å². The maximum Gasteiger partial charge on any atom is 0.282 e. The Bertz CT molecular complexity index is 407. The fourth-order valence-electron chi connectivity index (χ4n) is 2.79. The van der Waals surface area contributed by atoms with E-state index in [1.165, 1.54) is 12.8 Å². The maximum absolute atomic E-state index is 12.7. The minimum atomic E-state index is -3.29. The van der Waals surface area contributed by atoms with Gasteiger partial charge in [0, 0.05) is 38.8 Å². The second kappa shape index (κ2) is 6.73. The summed E-state index contributed by atoms with van der Waals surface area (Å²) in [6.45, 7) is 6.31. The van der Waals surface area contributed by atoms with Crippen molar-refractivity contribution < 1.29 is 8.42 Å². The van der Waals surface area contributed by atoms with E-state index < -0.39 is 10.2 Å². The first-order chi connectivity index (χ1) is 9.41. The lowest BCUT2D eigenvalue weighted by Gasteiger charge is -2.37. The highest BCUT2D eigenvalue weighted by atomic mass is 32.2. The fourth-order valence-corrected chi connectivity index (χ4v) is 4.46. The molecule has 20 heavy (non-hydrogen) atoms. The summed E-state index contributed by atoms with van der Waals surface area (Å²) < 4.78 is 28.8. The van der Waals surface area contributed by atoms with Crippen LogP contribution in [0.4, 0.5) is 0 Å². The molecule has 2 fully saturated rings. The van der Waals surface area contributed by atoms with Gasteiger partial charge in [0.15, 0.2) is 0 Å². The first kappa shape index (κ1) is 16.2. The Morgan fingerprint density at radius 2 is 1.95 bits per heavy atom. The zero-order valence-corrected chi connectivity index (χ0v) is 13.8. The van der Waals surface area contributed by atoms with Crippen molar-refractivity contribution in [3.05, 3.63) is 0 Å². The van der Waals surface area contributed by atoms with E-state index in [0.29, 0.717) is 25.0 Å². The standard InChI is InChI=1S/C14H29N3O2S/c1-12(2)15-10-14-6-4-5-9-17(14)20(18,19)16(3)11-13-7-8-13/h12-15H,4-11H2,1-3H3. The average Bonchev–Trinajstić information content (AvgIpc) is 3.20.